The second-order valence-electron chi connectivity index (χ2n) is 2.64. The van der Waals surface area contributed by atoms with Gasteiger partial charge in [0.25, 0.3) is 0 Å². The molecule has 0 bridgehead atoms. The number of nitrogens with one attached hydrogen (secondary N) is 1. The first kappa shape index (κ1) is 8.87. The molecular weight excluding hydrogens is 155 g/mol. The molecule has 0 aliphatic rings. The smallest absolute Gasteiger partial charge is 0.132 e. The molecule has 0 amide bonds. The third kappa shape index (κ3) is 1.68. The molecule has 2 nitrogen and oxygen atoms in total. The molecule has 0 saturated heterocycles. The van der Waals surface area contributed by atoms with Gasteiger partial charge in [0.15, 0.2) is 0 Å². The zero-order chi connectivity index (χ0) is 9.14. The zero-order valence-corrected chi connectivity index (χ0v) is 6.89. The first-order valence-electron chi connectivity index (χ1n) is 3.69. The van der Waals surface area contributed by atoms with Crippen LogP contribution in [0.1, 0.15) is 18.1 Å². The van der Waals surface area contributed by atoms with Gasteiger partial charge in [-0.2, -0.15) is 0 Å². The lowest BCUT2D eigenvalue weighted by Crippen LogP contribution is -2.01. The average molecular weight is 166 g/mol. The molecule has 64 valence electrons. The van der Waals surface area contributed by atoms with Crippen LogP contribution in [0.15, 0.2) is 18.2 Å². The van der Waals surface area contributed by atoms with Crippen molar-refractivity contribution < 1.29 is 4.39 Å². The molecule has 1 rings (SSSR count). The fourth-order valence-electron chi connectivity index (χ4n) is 0.990. The molecule has 0 aliphatic heterocycles. The monoisotopic (exact) mass is 166 g/mol. The van der Waals surface area contributed by atoms with Crippen LogP contribution in [-0.4, -0.2) is 5.71 Å². The van der Waals surface area contributed by atoms with Crippen molar-refractivity contribution in [2.24, 2.45) is 5.73 Å². The summed E-state index contributed by atoms with van der Waals surface area (Å²) in [6.07, 6.45) is 0. The molecule has 0 aliphatic carbocycles. The van der Waals surface area contributed by atoms with E-state index in [0.717, 1.165) is 5.56 Å². The van der Waals surface area contributed by atoms with Gasteiger partial charge in [-0.1, -0.05) is 6.07 Å². The Morgan fingerprint density at radius 3 is 2.67 bits per heavy atom. The minimum absolute atomic E-state index is 0.232. The predicted molar refractivity (Wildman–Crippen MR) is 46.8 cm³/mol. The highest BCUT2D eigenvalue weighted by atomic mass is 19.1. The zero-order valence-electron chi connectivity index (χ0n) is 6.89. The summed E-state index contributed by atoms with van der Waals surface area (Å²) in [5.41, 5.74) is 6.64. The first-order valence-corrected chi connectivity index (χ1v) is 3.69. The van der Waals surface area contributed by atoms with Crippen molar-refractivity contribution in [2.45, 2.75) is 13.5 Å². The van der Waals surface area contributed by atoms with E-state index in [9.17, 15) is 4.39 Å². The van der Waals surface area contributed by atoms with Gasteiger partial charge < -0.3 is 11.1 Å². The molecule has 3 heteroatoms. The maximum Gasteiger partial charge on any atom is 0.132 e. The molecule has 0 unspecified atom stereocenters. The van der Waals surface area contributed by atoms with Gasteiger partial charge in [0, 0.05) is 17.8 Å². The summed E-state index contributed by atoms with van der Waals surface area (Å²) < 4.78 is 13.1. The van der Waals surface area contributed by atoms with Crippen molar-refractivity contribution in [3.8, 4) is 0 Å². The molecule has 0 aromatic heterocycles. The van der Waals surface area contributed by atoms with Crippen LogP contribution in [0.25, 0.3) is 0 Å². The third-order valence-electron chi connectivity index (χ3n) is 1.67. The van der Waals surface area contributed by atoms with E-state index < -0.39 is 0 Å². The van der Waals surface area contributed by atoms with Gasteiger partial charge in [-0.15, -0.1) is 0 Å². The topological polar surface area (TPSA) is 49.9 Å². The SMILES string of the molecule is CC(=N)c1ccc(CN)cc1F. The van der Waals surface area contributed by atoms with Crippen molar-refractivity contribution in [3.05, 3.63) is 35.1 Å². The molecule has 0 spiro atoms. The van der Waals surface area contributed by atoms with Crippen molar-refractivity contribution in [1.82, 2.24) is 0 Å². The number of hydrogen-bond donors (Lipinski definition) is 2. The van der Waals surface area contributed by atoms with E-state index in [1.54, 1.807) is 19.1 Å². The van der Waals surface area contributed by atoms with Crippen LogP contribution < -0.4 is 5.73 Å². The van der Waals surface area contributed by atoms with Crippen molar-refractivity contribution >= 4 is 5.71 Å². The van der Waals surface area contributed by atoms with E-state index in [-0.39, 0.29) is 11.5 Å². The fourth-order valence-corrected chi connectivity index (χ4v) is 0.990. The van der Waals surface area contributed by atoms with Gasteiger partial charge in [-0.3, -0.25) is 0 Å². The Bertz CT molecular complexity index is 307. The molecule has 0 radical (unpaired) electrons. The highest BCUT2D eigenvalue weighted by Crippen LogP contribution is 2.10. The van der Waals surface area contributed by atoms with Crippen molar-refractivity contribution in [2.75, 3.05) is 0 Å². The quantitative estimate of drug-likeness (QED) is 0.645. The summed E-state index contributed by atoms with van der Waals surface area (Å²) in [6.45, 7) is 1.88. The lowest BCUT2D eigenvalue weighted by Gasteiger charge is -2.02. The Labute approximate surface area is 70.7 Å². The van der Waals surface area contributed by atoms with E-state index in [1.807, 2.05) is 0 Å². The van der Waals surface area contributed by atoms with E-state index in [4.69, 9.17) is 11.1 Å². The molecule has 0 fully saturated rings. The van der Waals surface area contributed by atoms with Crippen LogP contribution >= 0.6 is 0 Å². The summed E-state index contributed by atoms with van der Waals surface area (Å²) in [6, 6.07) is 4.68. The highest BCUT2D eigenvalue weighted by molar-refractivity contribution is 5.96. The van der Waals surface area contributed by atoms with Gasteiger partial charge in [0.1, 0.15) is 5.82 Å². The molecule has 12 heavy (non-hydrogen) atoms. The fraction of sp³-hybridized carbons (Fsp3) is 0.222. The molecule has 0 heterocycles. The highest BCUT2D eigenvalue weighted by Gasteiger charge is 2.03. The van der Waals surface area contributed by atoms with Crippen LogP contribution in [-0.2, 0) is 6.54 Å². The number of rotatable bonds is 2. The van der Waals surface area contributed by atoms with E-state index in [2.05, 4.69) is 0 Å². The summed E-state index contributed by atoms with van der Waals surface area (Å²) in [5.74, 6) is -0.370. The van der Waals surface area contributed by atoms with Gasteiger partial charge >= 0.3 is 0 Å². The van der Waals surface area contributed by atoms with Gasteiger partial charge in [0.05, 0.1) is 0 Å². The predicted octanol–water partition coefficient (Wildman–Crippen LogP) is 1.67. The summed E-state index contributed by atoms with van der Waals surface area (Å²) >= 11 is 0. The third-order valence-corrected chi connectivity index (χ3v) is 1.67. The van der Waals surface area contributed by atoms with Crippen LogP contribution in [0.4, 0.5) is 4.39 Å². The summed E-state index contributed by atoms with van der Waals surface area (Å²) in [7, 11) is 0. The molecule has 0 atom stereocenters. The van der Waals surface area contributed by atoms with Crippen LogP contribution in [0.3, 0.4) is 0 Å². The minimum Gasteiger partial charge on any atom is -0.326 e. The molecule has 1 aromatic carbocycles. The number of halogens is 1. The second kappa shape index (κ2) is 3.45. The van der Waals surface area contributed by atoms with E-state index >= 15 is 0 Å². The lowest BCUT2D eigenvalue weighted by atomic mass is 10.1. The number of nitrogens with two attached hydrogens (primary N) is 1. The van der Waals surface area contributed by atoms with E-state index in [0.29, 0.717) is 12.1 Å². The van der Waals surface area contributed by atoms with Gasteiger partial charge in [0.2, 0.25) is 0 Å². The summed E-state index contributed by atoms with van der Waals surface area (Å²) in [4.78, 5) is 0. The van der Waals surface area contributed by atoms with Gasteiger partial charge in [-0.25, -0.2) is 4.39 Å². The Morgan fingerprint density at radius 1 is 1.58 bits per heavy atom. The van der Waals surface area contributed by atoms with Crippen molar-refractivity contribution in [3.63, 3.8) is 0 Å². The molecule has 1 aromatic rings. The van der Waals surface area contributed by atoms with Crippen molar-refractivity contribution in [1.29, 1.82) is 5.41 Å². The standard InChI is InChI=1S/C9H11FN2/c1-6(12)8-3-2-7(5-11)4-9(8)10/h2-4,12H,5,11H2,1H3. The second-order valence-corrected chi connectivity index (χ2v) is 2.64. The average Bonchev–Trinajstić information content (AvgIpc) is 2.03. The van der Waals surface area contributed by atoms with Gasteiger partial charge in [-0.05, 0) is 24.6 Å². The van der Waals surface area contributed by atoms with Crippen LogP contribution in [0, 0.1) is 11.2 Å². The largest absolute Gasteiger partial charge is 0.326 e. The maximum absolute atomic E-state index is 13.1. The Balaban J connectivity index is 3.12. The normalized spacial score (nSPS) is 9.92. The molecule has 0 saturated carbocycles. The summed E-state index contributed by atoms with van der Waals surface area (Å²) in [5, 5.41) is 7.23. The van der Waals surface area contributed by atoms with Crippen LogP contribution in [0.2, 0.25) is 0 Å². The number of hydrogen-bond acceptors (Lipinski definition) is 2. The Hall–Kier alpha value is -1.22. The lowest BCUT2D eigenvalue weighted by molar-refractivity contribution is 0.622. The number of benzene rings is 1. The molecule has 3 N–H and O–H groups in total. The van der Waals surface area contributed by atoms with E-state index in [1.165, 1.54) is 6.07 Å². The molecular formula is C9H11FN2. The minimum atomic E-state index is -0.370. The Morgan fingerprint density at radius 2 is 2.25 bits per heavy atom. The van der Waals surface area contributed by atoms with Crippen LogP contribution in [0.5, 0.6) is 0 Å². The first-order chi connectivity index (χ1) is 5.65. The maximum atomic E-state index is 13.1. The Kier molecular flexibility index (Phi) is 2.55.